The van der Waals surface area contributed by atoms with Gasteiger partial charge in [0.1, 0.15) is 24.7 Å². The minimum atomic E-state index is -0.452. The first-order valence-corrected chi connectivity index (χ1v) is 12.9. The highest BCUT2D eigenvalue weighted by Gasteiger charge is 2.09. The molecule has 0 aliphatic rings. The van der Waals surface area contributed by atoms with Gasteiger partial charge in [0.05, 0.1) is 12.2 Å². The summed E-state index contributed by atoms with van der Waals surface area (Å²) in [5.74, 6) is 0.883. The number of esters is 1. The number of Topliss-reactive ketones (excluding diaryl/α,β-unsaturated/α-hetero) is 1. The van der Waals surface area contributed by atoms with Gasteiger partial charge in [0, 0.05) is 6.42 Å². The molecule has 2 aromatic rings. The van der Waals surface area contributed by atoms with Crippen LogP contribution < -0.4 is 9.47 Å². The summed E-state index contributed by atoms with van der Waals surface area (Å²) < 4.78 is 16.4. The molecule has 0 N–H and O–H groups in total. The Bertz CT molecular complexity index is 888. The average Bonchev–Trinajstić information content (AvgIpc) is 2.89. The topological polar surface area (TPSA) is 61.8 Å². The molecular weight excluding hydrogens is 440 g/mol. The molecule has 0 amide bonds. The van der Waals surface area contributed by atoms with Crippen molar-refractivity contribution in [3.05, 3.63) is 72.3 Å². The molecule has 0 spiro atoms. The van der Waals surface area contributed by atoms with Crippen molar-refractivity contribution < 1.29 is 23.8 Å². The van der Waals surface area contributed by atoms with Crippen LogP contribution in [0.2, 0.25) is 0 Å². The first kappa shape index (κ1) is 28.2. The van der Waals surface area contributed by atoms with E-state index >= 15 is 0 Å². The van der Waals surface area contributed by atoms with Gasteiger partial charge in [-0.25, -0.2) is 4.79 Å². The van der Waals surface area contributed by atoms with Crippen molar-refractivity contribution >= 4 is 11.8 Å². The molecule has 35 heavy (non-hydrogen) atoms. The first-order chi connectivity index (χ1) is 17.1. The predicted molar refractivity (Wildman–Crippen MR) is 140 cm³/mol. The maximum Gasteiger partial charge on any atom is 0.338 e. The molecular formula is C30H40O5. The molecule has 0 atom stereocenters. The first-order valence-electron chi connectivity index (χ1n) is 12.9. The van der Waals surface area contributed by atoms with Crippen LogP contribution in [0.1, 0.15) is 80.6 Å². The van der Waals surface area contributed by atoms with Crippen molar-refractivity contribution in [2.45, 2.75) is 71.1 Å². The summed E-state index contributed by atoms with van der Waals surface area (Å²) in [4.78, 5) is 24.2. The third kappa shape index (κ3) is 12.3. The maximum atomic E-state index is 12.3. The quantitative estimate of drug-likeness (QED) is 0.122. The molecule has 0 unspecified atom stereocenters. The van der Waals surface area contributed by atoms with Crippen molar-refractivity contribution in [2.75, 3.05) is 19.8 Å². The number of ether oxygens (including phenoxy) is 3. The van der Waals surface area contributed by atoms with Crippen LogP contribution in [0.3, 0.4) is 0 Å². The lowest BCUT2D eigenvalue weighted by molar-refractivity contribution is -0.121. The van der Waals surface area contributed by atoms with Gasteiger partial charge in [0.15, 0.2) is 5.78 Å². The fourth-order valence-electron chi connectivity index (χ4n) is 3.63. The Morgan fingerprint density at radius 3 is 2.29 bits per heavy atom. The Morgan fingerprint density at radius 2 is 1.57 bits per heavy atom. The van der Waals surface area contributed by atoms with Crippen molar-refractivity contribution in [3.8, 4) is 11.5 Å². The number of ketones is 1. The van der Waals surface area contributed by atoms with Crippen LogP contribution >= 0.6 is 0 Å². The summed E-state index contributed by atoms with van der Waals surface area (Å²) in [5.41, 5.74) is 1.46. The highest BCUT2D eigenvalue weighted by molar-refractivity contribution is 5.90. The van der Waals surface area contributed by atoms with E-state index in [9.17, 15) is 9.59 Å². The molecule has 0 aliphatic heterocycles. The molecule has 0 saturated heterocycles. The van der Waals surface area contributed by atoms with Gasteiger partial charge >= 0.3 is 5.97 Å². The van der Waals surface area contributed by atoms with Crippen LogP contribution in [0, 0.1) is 0 Å². The Labute approximate surface area is 210 Å². The molecule has 0 aromatic heterocycles. The van der Waals surface area contributed by atoms with Gasteiger partial charge in [-0.3, -0.25) is 4.79 Å². The third-order valence-corrected chi connectivity index (χ3v) is 5.68. The van der Waals surface area contributed by atoms with Gasteiger partial charge in [-0.2, -0.15) is 0 Å². The highest BCUT2D eigenvalue weighted by Crippen LogP contribution is 2.16. The molecule has 2 aromatic carbocycles. The van der Waals surface area contributed by atoms with E-state index in [1.807, 2.05) is 24.3 Å². The SMILES string of the molecule is C=CCOC(=O)c1cccc(OCC(=O)CCc2ccc(OCCCCCCCCCC)cc2)c1. The second kappa shape index (κ2) is 17.4. The number of rotatable bonds is 19. The molecule has 0 aliphatic carbocycles. The number of unbranched alkanes of at least 4 members (excludes halogenated alkanes) is 7. The van der Waals surface area contributed by atoms with Crippen molar-refractivity contribution in [1.82, 2.24) is 0 Å². The van der Waals surface area contributed by atoms with Crippen molar-refractivity contribution in [3.63, 3.8) is 0 Å². The zero-order valence-electron chi connectivity index (χ0n) is 21.1. The number of hydrogen-bond donors (Lipinski definition) is 0. The Kier molecular flexibility index (Phi) is 14.0. The highest BCUT2D eigenvalue weighted by atomic mass is 16.5. The molecule has 190 valence electrons. The van der Waals surface area contributed by atoms with Gasteiger partial charge in [-0.15, -0.1) is 0 Å². The van der Waals surface area contributed by atoms with E-state index in [2.05, 4.69) is 13.5 Å². The lowest BCUT2D eigenvalue weighted by Crippen LogP contribution is -2.12. The zero-order chi connectivity index (χ0) is 25.1. The summed E-state index contributed by atoms with van der Waals surface area (Å²) >= 11 is 0. The number of hydrogen-bond acceptors (Lipinski definition) is 5. The van der Waals surface area contributed by atoms with E-state index in [0.717, 1.165) is 24.3 Å². The van der Waals surface area contributed by atoms with Crippen molar-refractivity contribution in [2.24, 2.45) is 0 Å². The standard InChI is InChI=1S/C30H40O5/c1-3-5-6-7-8-9-10-11-22-33-28-19-16-25(17-20-28)15-18-27(31)24-35-29-14-12-13-26(23-29)30(32)34-21-4-2/h4,12-14,16-17,19-20,23H,2-3,5-11,15,18,21-22,24H2,1H3. The smallest absolute Gasteiger partial charge is 0.338 e. The maximum absolute atomic E-state index is 12.3. The Morgan fingerprint density at radius 1 is 0.857 bits per heavy atom. The number of carbonyl (C=O) groups is 2. The summed E-state index contributed by atoms with van der Waals surface area (Å²) in [6.45, 7) is 6.62. The number of carbonyl (C=O) groups excluding carboxylic acids is 2. The fourth-order valence-corrected chi connectivity index (χ4v) is 3.63. The van der Waals surface area contributed by atoms with Crippen LogP contribution in [-0.4, -0.2) is 31.6 Å². The monoisotopic (exact) mass is 480 g/mol. The third-order valence-electron chi connectivity index (χ3n) is 5.68. The van der Waals surface area contributed by atoms with E-state index < -0.39 is 5.97 Å². The average molecular weight is 481 g/mol. The minimum absolute atomic E-state index is 0.000317. The van der Waals surface area contributed by atoms with Gasteiger partial charge in [-0.1, -0.05) is 82.7 Å². The zero-order valence-corrected chi connectivity index (χ0v) is 21.1. The Balaban J connectivity index is 1.61. The molecule has 0 radical (unpaired) electrons. The van der Waals surface area contributed by atoms with Crippen LogP contribution in [-0.2, 0) is 16.0 Å². The molecule has 2 rings (SSSR count). The van der Waals surface area contributed by atoms with E-state index in [1.165, 1.54) is 51.0 Å². The van der Waals surface area contributed by atoms with E-state index in [-0.39, 0.29) is 19.0 Å². The summed E-state index contributed by atoms with van der Waals surface area (Å²) in [7, 11) is 0. The summed E-state index contributed by atoms with van der Waals surface area (Å²) in [6, 6.07) is 14.6. The van der Waals surface area contributed by atoms with E-state index in [0.29, 0.717) is 24.2 Å². The van der Waals surface area contributed by atoms with Gasteiger partial charge in [0.25, 0.3) is 0 Å². The van der Waals surface area contributed by atoms with Gasteiger partial charge in [-0.05, 0) is 48.7 Å². The van der Waals surface area contributed by atoms with E-state index in [1.54, 1.807) is 24.3 Å². The van der Waals surface area contributed by atoms with Crippen LogP contribution in [0.15, 0.2) is 61.2 Å². The largest absolute Gasteiger partial charge is 0.494 e. The van der Waals surface area contributed by atoms with Crippen LogP contribution in [0.25, 0.3) is 0 Å². The van der Waals surface area contributed by atoms with Gasteiger partial charge in [0.2, 0.25) is 0 Å². The van der Waals surface area contributed by atoms with Crippen molar-refractivity contribution in [1.29, 1.82) is 0 Å². The molecule has 0 bridgehead atoms. The normalized spacial score (nSPS) is 10.5. The Hall–Kier alpha value is -3.08. The van der Waals surface area contributed by atoms with Crippen LogP contribution in [0.4, 0.5) is 0 Å². The second-order valence-corrected chi connectivity index (χ2v) is 8.71. The second-order valence-electron chi connectivity index (χ2n) is 8.71. The number of benzene rings is 2. The lowest BCUT2D eigenvalue weighted by atomic mass is 10.1. The number of aryl methyl sites for hydroxylation is 1. The lowest BCUT2D eigenvalue weighted by Gasteiger charge is -2.09. The fraction of sp³-hybridized carbons (Fsp3) is 0.467. The minimum Gasteiger partial charge on any atom is -0.494 e. The van der Waals surface area contributed by atoms with Crippen LogP contribution in [0.5, 0.6) is 11.5 Å². The van der Waals surface area contributed by atoms with E-state index in [4.69, 9.17) is 14.2 Å². The van der Waals surface area contributed by atoms with Gasteiger partial charge < -0.3 is 14.2 Å². The molecule has 0 saturated carbocycles. The molecule has 5 heteroatoms. The molecule has 0 heterocycles. The predicted octanol–water partition coefficient (Wildman–Crippen LogP) is 7.13. The molecule has 0 fully saturated rings. The summed E-state index contributed by atoms with van der Waals surface area (Å²) in [5, 5.41) is 0. The summed E-state index contributed by atoms with van der Waals surface area (Å²) in [6.07, 6.45) is 12.8. The molecule has 5 nitrogen and oxygen atoms in total.